The lowest BCUT2D eigenvalue weighted by molar-refractivity contribution is 0.618. The average Bonchev–Trinajstić information content (AvgIpc) is 2.82. The van der Waals surface area contributed by atoms with Gasteiger partial charge in [-0.15, -0.1) is 11.3 Å². The van der Waals surface area contributed by atoms with Crippen LogP contribution in [0.15, 0.2) is 35.7 Å². The SMILES string of the molecule is CCN(c1cccc(F)c1)C(CN)c1sccc1C. The molecule has 19 heavy (non-hydrogen) atoms. The molecule has 4 heteroatoms. The number of hydrogen-bond donors (Lipinski definition) is 1. The van der Waals surface area contributed by atoms with Gasteiger partial charge in [0.25, 0.3) is 0 Å². The predicted octanol–water partition coefficient (Wildman–Crippen LogP) is 3.72. The highest BCUT2D eigenvalue weighted by Crippen LogP contribution is 2.31. The summed E-state index contributed by atoms with van der Waals surface area (Å²) in [5.74, 6) is -0.213. The molecule has 0 aliphatic heterocycles. The Hall–Kier alpha value is -1.39. The van der Waals surface area contributed by atoms with Gasteiger partial charge in [0.15, 0.2) is 0 Å². The van der Waals surface area contributed by atoms with Crippen molar-refractivity contribution in [3.05, 3.63) is 52.0 Å². The molecular formula is C15H19FN2S. The second-order valence-electron chi connectivity index (χ2n) is 4.49. The van der Waals surface area contributed by atoms with E-state index in [0.29, 0.717) is 6.54 Å². The third kappa shape index (κ3) is 2.96. The summed E-state index contributed by atoms with van der Waals surface area (Å²) < 4.78 is 13.4. The first-order chi connectivity index (χ1) is 9.17. The van der Waals surface area contributed by atoms with Crippen LogP contribution in [-0.2, 0) is 0 Å². The highest BCUT2D eigenvalue weighted by molar-refractivity contribution is 7.10. The molecule has 1 atom stereocenters. The molecule has 1 heterocycles. The van der Waals surface area contributed by atoms with Gasteiger partial charge in [0, 0.05) is 23.7 Å². The van der Waals surface area contributed by atoms with Crippen molar-refractivity contribution < 1.29 is 4.39 Å². The second kappa shape index (κ2) is 6.17. The van der Waals surface area contributed by atoms with E-state index in [1.807, 2.05) is 6.07 Å². The topological polar surface area (TPSA) is 29.3 Å². The third-order valence-electron chi connectivity index (χ3n) is 3.28. The molecule has 0 radical (unpaired) electrons. The molecule has 2 nitrogen and oxygen atoms in total. The maximum atomic E-state index is 13.4. The zero-order valence-corrected chi connectivity index (χ0v) is 12.1. The number of hydrogen-bond acceptors (Lipinski definition) is 3. The summed E-state index contributed by atoms with van der Waals surface area (Å²) in [5, 5.41) is 2.08. The number of thiophene rings is 1. The molecule has 0 saturated heterocycles. The minimum Gasteiger partial charge on any atom is -0.363 e. The van der Waals surface area contributed by atoms with E-state index in [1.165, 1.54) is 16.5 Å². The van der Waals surface area contributed by atoms with E-state index in [4.69, 9.17) is 5.73 Å². The van der Waals surface area contributed by atoms with Crippen LogP contribution in [0.25, 0.3) is 0 Å². The van der Waals surface area contributed by atoms with Gasteiger partial charge in [0.05, 0.1) is 6.04 Å². The monoisotopic (exact) mass is 278 g/mol. The molecule has 1 aromatic carbocycles. The molecular weight excluding hydrogens is 259 g/mol. The molecule has 2 N–H and O–H groups in total. The number of rotatable bonds is 5. The third-order valence-corrected chi connectivity index (χ3v) is 4.40. The highest BCUT2D eigenvalue weighted by Gasteiger charge is 2.21. The number of benzene rings is 1. The second-order valence-corrected chi connectivity index (χ2v) is 5.43. The van der Waals surface area contributed by atoms with E-state index >= 15 is 0 Å². The Morgan fingerprint density at radius 2 is 2.16 bits per heavy atom. The summed E-state index contributed by atoms with van der Waals surface area (Å²) in [6.45, 7) is 5.47. The zero-order chi connectivity index (χ0) is 13.8. The van der Waals surface area contributed by atoms with Gasteiger partial charge in [0.2, 0.25) is 0 Å². The van der Waals surface area contributed by atoms with Crippen molar-refractivity contribution >= 4 is 17.0 Å². The zero-order valence-electron chi connectivity index (χ0n) is 11.3. The van der Waals surface area contributed by atoms with Crippen LogP contribution in [0.3, 0.4) is 0 Å². The predicted molar refractivity (Wildman–Crippen MR) is 80.3 cm³/mol. The number of aryl methyl sites for hydroxylation is 1. The fourth-order valence-corrected chi connectivity index (χ4v) is 3.39. The van der Waals surface area contributed by atoms with Crippen LogP contribution in [0, 0.1) is 12.7 Å². The Morgan fingerprint density at radius 1 is 1.37 bits per heavy atom. The van der Waals surface area contributed by atoms with Crippen molar-refractivity contribution in [1.29, 1.82) is 0 Å². The quantitative estimate of drug-likeness (QED) is 0.903. The van der Waals surface area contributed by atoms with Gasteiger partial charge in [-0.05, 0) is 49.1 Å². The van der Waals surface area contributed by atoms with Crippen LogP contribution < -0.4 is 10.6 Å². The Bertz CT molecular complexity index is 538. The molecule has 0 amide bonds. The first-order valence-corrected chi connectivity index (χ1v) is 7.31. The Kier molecular flexibility index (Phi) is 4.56. The summed E-state index contributed by atoms with van der Waals surface area (Å²) in [6, 6.07) is 8.90. The van der Waals surface area contributed by atoms with Gasteiger partial charge in [-0.25, -0.2) is 4.39 Å². The van der Waals surface area contributed by atoms with E-state index in [9.17, 15) is 4.39 Å². The molecule has 0 aliphatic carbocycles. The molecule has 1 aromatic heterocycles. The Labute approximate surface area is 117 Å². The summed E-state index contributed by atoms with van der Waals surface area (Å²) >= 11 is 1.71. The lowest BCUT2D eigenvalue weighted by Gasteiger charge is -2.32. The number of nitrogens with zero attached hydrogens (tertiary/aromatic N) is 1. The molecule has 0 saturated carbocycles. The summed E-state index contributed by atoms with van der Waals surface area (Å²) in [5.41, 5.74) is 8.08. The summed E-state index contributed by atoms with van der Waals surface area (Å²) in [4.78, 5) is 3.41. The molecule has 0 bridgehead atoms. The fraction of sp³-hybridized carbons (Fsp3) is 0.333. The lowest BCUT2D eigenvalue weighted by atomic mass is 10.1. The van der Waals surface area contributed by atoms with Crippen molar-refractivity contribution in [3.8, 4) is 0 Å². The number of nitrogens with two attached hydrogens (primary N) is 1. The maximum Gasteiger partial charge on any atom is 0.125 e. The van der Waals surface area contributed by atoms with Crippen molar-refractivity contribution in [2.75, 3.05) is 18.0 Å². The lowest BCUT2D eigenvalue weighted by Crippen LogP contribution is -2.33. The molecule has 0 aliphatic rings. The van der Waals surface area contributed by atoms with Crippen LogP contribution in [0.1, 0.15) is 23.4 Å². The van der Waals surface area contributed by atoms with Gasteiger partial charge < -0.3 is 10.6 Å². The van der Waals surface area contributed by atoms with Crippen molar-refractivity contribution in [2.24, 2.45) is 5.73 Å². The molecule has 0 spiro atoms. The standard InChI is InChI=1S/C15H19FN2S/c1-3-18(13-6-4-5-12(16)9-13)14(10-17)15-11(2)7-8-19-15/h4-9,14H,3,10,17H2,1-2H3. The molecule has 0 fully saturated rings. The van der Waals surface area contributed by atoms with Crippen LogP contribution in [0.4, 0.5) is 10.1 Å². The van der Waals surface area contributed by atoms with Gasteiger partial charge in [-0.2, -0.15) is 0 Å². The van der Waals surface area contributed by atoms with Crippen molar-refractivity contribution in [2.45, 2.75) is 19.9 Å². The van der Waals surface area contributed by atoms with Crippen molar-refractivity contribution in [1.82, 2.24) is 0 Å². The van der Waals surface area contributed by atoms with Crippen LogP contribution in [-0.4, -0.2) is 13.1 Å². The minimum absolute atomic E-state index is 0.104. The minimum atomic E-state index is -0.213. The molecule has 1 unspecified atom stereocenters. The largest absolute Gasteiger partial charge is 0.363 e. The highest BCUT2D eigenvalue weighted by atomic mass is 32.1. The van der Waals surface area contributed by atoms with E-state index in [0.717, 1.165) is 12.2 Å². The first kappa shape index (κ1) is 14.0. The first-order valence-electron chi connectivity index (χ1n) is 6.43. The molecule has 2 aromatic rings. The van der Waals surface area contributed by atoms with E-state index < -0.39 is 0 Å². The van der Waals surface area contributed by atoms with Crippen LogP contribution >= 0.6 is 11.3 Å². The van der Waals surface area contributed by atoms with Gasteiger partial charge in [-0.1, -0.05) is 6.07 Å². The van der Waals surface area contributed by atoms with Gasteiger partial charge >= 0.3 is 0 Å². The van der Waals surface area contributed by atoms with Crippen LogP contribution in [0.2, 0.25) is 0 Å². The summed E-state index contributed by atoms with van der Waals surface area (Å²) in [7, 11) is 0. The van der Waals surface area contributed by atoms with E-state index in [-0.39, 0.29) is 11.9 Å². The Morgan fingerprint density at radius 3 is 2.68 bits per heavy atom. The maximum absolute atomic E-state index is 13.4. The number of anilines is 1. The summed E-state index contributed by atoms with van der Waals surface area (Å²) in [6.07, 6.45) is 0. The van der Waals surface area contributed by atoms with Gasteiger partial charge in [-0.3, -0.25) is 0 Å². The van der Waals surface area contributed by atoms with E-state index in [1.54, 1.807) is 23.5 Å². The van der Waals surface area contributed by atoms with Crippen LogP contribution in [0.5, 0.6) is 0 Å². The molecule has 102 valence electrons. The number of likely N-dealkylation sites (N-methyl/N-ethyl adjacent to an activating group) is 1. The van der Waals surface area contributed by atoms with Gasteiger partial charge in [0.1, 0.15) is 5.82 Å². The fourth-order valence-electron chi connectivity index (χ4n) is 2.34. The Balaban J connectivity index is 2.37. The normalized spacial score (nSPS) is 12.4. The average molecular weight is 278 g/mol. The molecule has 2 rings (SSSR count). The van der Waals surface area contributed by atoms with Crippen molar-refractivity contribution in [3.63, 3.8) is 0 Å². The number of halogens is 1. The van der Waals surface area contributed by atoms with E-state index in [2.05, 4.69) is 30.2 Å². The smallest absolute Gasteiger partial charge is 0.125 e.